The van der Waals surface area contributed by atoms with Crippen LogP contribution < -0.4 is 5.73 Å². The summed E-state index contributed by atoms with van der Waals surface area (Å²) >= 11 is 3.21. The average Bonchev–Trinajstić information content (AvgIpc) is 2.81. The van der Waals surface area contributed by atoms with Crippen LogP contribution in [-0.2, 0) is 0 Å². The summed E-state index contributed by atoms with van der Waals surface area (Å²) in [6, 6.07) is 4.85. The molecule has 1 aromatic carbocycles. The van der Waals surface area contributed by atoms with Crippen molar-refractivity contribution in [3.8, 4) is 0 Å². The largest absolute Gasteiger partial charge is 0.338 e. The zero-order chi connectivity index (χ0) is 14.3. The first-order chi connectivity index (χ1) is 9.54. The third-order valence-electron chi connectivity index (χ3n) is 4.54. The Labute approximate surface area is 126 Å². The van der Waals surface area contributed by atoms with Crippen LogP contribution in [0, 0.1) is 17.7 Å². The molecule has 108 valence electrons. The number of nitrogens with zero attached hydrogens (tertiary/aromatic N) is 1. The second-order valence-corrected chi connectivity index (χ2v) is 6.84. The fraction of sp³-hybridized carbons (Fsp3) is 0.533. The van der Waals surface area contributed by atoms with E-state index in [4.69, 9.17) is 5.73 Å². The summed E-state index contributed by atoms with van der Waals surface area (Å²) in [5, 5.41) is 0. The van der Waals surface area contributed by atoms with E-state index < -0.39 is 5.82 Å². The Balaban J connectivity index is 1.75. The molecule has 1 aromatic rings. The van der Waals surface area contributed by atoms with E-state index in [0.717, 1.165) is 25.8 Å². The van der Waals surface area contributed by atoms with Gasteiger partial charge >= 0.3 is 0 Å². The van der Waals surface area contributed by atoms with E-state index in [2.05, 4.69) is 15.9 Å². The first-order valence-electron chi connectivity index (χ1n) is 7.04. The number of fused-ring (bicyclic) bond motifs is 1. The SMILES string of the molecule is NC1CC[C@@H]2CN(C(=O)c3ccc(Br)cc3F)C[C@@H]2C1. The average molecular weight is 341 g/mol. The van der Waals surface area contributed by atoms with E-state index in [-0.39, 0.29) is 17.5 Å². The summed E-state index contributed by atoms with van der Waals surface area (Å²) in [6.07, 6.45) is 3.10. The van der Waals surface area contributed by atoms with Gasteiger partial charge in [-0.05, 0) is 49.3 Å². The number of hydrogen-bond acceptors (Lipinski definition) is 2. The maximum atomic E-state index is 13.9. The van der Waals surface area contributed by atoms with E-state index in [1.807, 2.05) is 0 Å². The van der Waals surface area contributed by atoms with Gasteiger partial charge in [0, 0.05) is 23.6 Å². The van der Waals surface area contributed by atoms with E-state index >= 15 is 0 Å². The third kappa shape index (κ3) is 2.61. The molecule has 0 bridgehead atoms. The van der Waals surface area contributed by atoms with Gasteiger partial charge in [0.15, 0.2) is 0 Å². The fourth-order valence-electron chi connectivity index (χ4n) is 3.47. The van der Waals surface area contributed by atoms with E-state index in [0.29, 0.717) is 22.9 Å². The van der Waals surface area contributed by atoms with Crippen molar-refractivity contribution in [3.63, 3.8) is 0 Å². The van der Waals surface area contributed by atoms with Gasteiger partial charge in [0.1, 0.15) is 5.82 Å². The molecule has 3 atom stereocenters. The Kier molecular flexibility index (Phi) is 3.82. The summed E-state index contributed by atoms with van der Waals surface area (Å²) in [5.74, 6) is 0.368. The Morgan fingerprint density at radius 3 is 2.80 bits per heavy atom. The molecule has 20 heavy (non-hydrogen) atoms. The lowest BCUT2D eigenvalue weighted by atomic mass is 9.79. The summed E-state index contributed by atoms with van der Waals surface area (Å²) in [5.41, 5.74) is 6.16. The van der Waals surface area contributed by atoms with Gasteiger partial charge in [-0.25, -0.2) is 4.39 Å². The third-order valence-corrected chi connectivity index (χ3v) is 5.03. The second-order valence-electron chi connectivity index (χ2n) is 5.93. The lowest BCUT2D eigenvalue weighted by Gasteiger charge is -2.27. The number of carbonyl (C=O) groups excluding carboxylic acids is 1. The van der Waals surface area contributed by atoms with Gasteiger partial charge in [-0.15, -0.1) is 0 Å². The standard InChI is InChI=1S/C15H18BrFN2O/c16-11-2-4-13(14(17)6-11)15(20)19-7-9-1-3-12(18)5-10(9)8-19/h2,4,6,9-10,12H,1,3,5,7-8,18H2/t9-,10+,12?/m1/s1. The monoisotopic (exact) mass is 340 g/mol. The number of rotatable bonds is 1. The molecule has 0 radical (unpaired) electrons. The summed E-state index contributed by atoms with van der Waals surface area (Å²) in [4.78, 5) is 14.2. The lowest BCUT2D eigenvalue weighted by molar-refractivity contribution is 0.0779. The quantitative estimate of drug-likeness (QED) is 0.854. The van der Waals surface area contributed by atoms with Gasteiger partial charge in [0.2, 0.25) is 0 Å². The highest BCUT2D eigenvalue weighted by Crippen LogP contribution is 2.36. The first-order valence-corrected chi connectivity index (χ1v) is 7.84. The van der Waals surface area contributed by atoms with E-state index in [1.165, 1.54) is 6.07 Å². The van der Waals surface area contributed by atoms with Crippen molar-refractivity contribution in [1.82, 2.24) is 4.90 Å². The van der Waals surface area contributed by atoms with Crippen LogP contribution in [0.1, 0.15) is 29.6 Å². The zero-order valence-corrected chi connectivity index (χ0v) is 12.8. The molecule has 3 rings (SSSR count). The molecule has 3 nitrogen and oxygen atoms in total. The van der Waals surface area contributed by atoms with Crippen LogP contribution in [0.2, 0.25) is 0 Å². The predicted molar refractivity (Wildman–Crippen MR) is 78.8 cm³/mol. The minimum atomic E-state index is -0.462. The Bertz CT molecular complexity index is 537. The molecule has 0 spiro atoms. The zero-order valence-electron chi connectivity index (χ0n) is 11.2. The number of nitrogens with two attached hydrogens (primary N) is 1. The van der Waals surface area contributed by atoms with Crippen LogP contribution in [0.3, 0.4) is 0 Å². The van der Waals surface area contributed by atoms with Crippen molar-refractivity contribution in [2.24, 2.45) is 17.6 Å². The number of halogens is 2. The minimum absolute atomic E-state index is 0.163. The predicted octanol–water partition coefficient (Wildman–Crippen LogP) is 2.79. The number of carbonyl (C=O) groups is 1. The number of likely N-dealkylation sites (tertiary alicyclic amines) is 1. The molecule has 1 amide bonds. The molecule has 1 saturated carbocycles. The number of hydrogen-bond donors (Lipinski definition) is 1. The molecular weight excluding hydrogens is 323 g/mol. The van der Waals surface area contributed by atoms with Crippen molar-refractivity contribution in [2.75, 3.05) is 13.1 Å². The van der Waals surface area contributed by atoms with Gasteiger partial charge in [-0.2, -0.15) is 0 Å². The Morgan fingerprint density at radius 2 is 2.05 bits per heavy atom. The second kappa shape index (κ2) is 5.45. The summed E-state index contributed by atoms with van der Waals surface area (Å²) < 4.78 is 14.5. The first kappa shape index (κ1) is 14.0. The molecule has 0 aromatic heterocycles. The van der Waals surface area contributed by atoms with E-state index in [1.54, 1.807) is 17.0 Å². The highest BCUT2D eigenvalue weighted by Gasteiger charge is 2.39. The fourth-order valence-corrected chi connectivity index (χ4v) is 3.80. The topological polar surface area (TPSA) is 46.3 Å². The molecule has 2 N–H and O–H groups in total. The van der Waals surface area contributed by atoms with Gasteiger partial charge in [0.05, 0.1) is 5.56 Å². The van der Waals surface area contributed by atoms with Gasteiger partial charge in [-0.1, -0.05) is 15.9 Å². The smallest absolute Gasteiger partial charge is 0.256 e. The van der Waals surface area contributed by atoms with Crippen molar-refractivity contribution in [1.29, 1.82) is 0 Å². The van der Waals surface area contributed by atoms with Crippen LogP contribution in [-0.4, -0.2) is 29.9 Å². The molecule has 1 aliphatic carbocycles. The molecule has 2 fully saturated rings. The molecule has 1 heterocycles. The molecule has 1 unspecified atom stereocenters. The maximum absolute atomic E-state index is 13.9. The number of amides is 1. The normalized spacial score (nSPS) is 29.4. The minimum Gasteiger partial charge on any atom is -0.338 e. The van der Waals surface area contributed by atoms with Crippen molar-refractivity contribution in [2.45, 2.75) is 25.3 Å². The van der Waals surface area contributed by atoms with Crippen molar-refractivity contribution < 1.29 is 9.18 Å². The molecule has 1 saturated heterocycles. The van der Waals surface area contributed by atoms with Gasteiger partial charge in [-0.3, -0.25) is 4.79 Å². The molecule has 1 aliphatic heterocycles. The van der Waals surface area contributed by atoms with Gasteiger partial charge < -0.3 is 10.6 Å². The molecule has 5 heteroatoms. The van der Waals surface area contributed by atoms with Crippen LogP contribution >= 0.6 is 15.9 Å². The van der Waals surface area contributed by atoms with Crippen LogP contribution in [0.15, 0.2) is 22.7 Å². The number of benzene rings is 1. The Morgan fingerprint density at radius 1 is 1.30 bits per heavy atom. The summed E-state index contributed by atoms with van der Waals surface area (Å²) in [7, 11) is 0. The molecular formula is C15H18BrFN2O. The maximum Gasteiger partial charge on any atom is 0.256 e. The van der Waals surface area contributed by atoms with Crippen LogP contribution in [0.5, 0.6) is 0 Å². The van der Waals surface area contributed by atoms with Crippen molar-refractivity contribution >= 4 is 21.8 Å². The molecule has 2 aliphatic rings. The Hall–Kier alpha value is -0.940. The van der Waals surface area contributed by atoms with Crippen LogP contribution in [0.25, 0.3) is 0 Å². The van der Waals surface area contributed by atoms with Crippen molar-refractivity contribution in [3.05, 3.63) is 34.1 Å². The van der Waals surface area contributed by atoms with Gasteiger partial charge in [0.25, 0.3) is 5.91 Å². The highest BCUT2D eigenvalue weighted by molar-refractivity contribution is 9.10. The lowest BCUT2D eigenvalue weighted by Crippen LogP contribution is -2.32. The summed E-state index contributed by atoms with van der Waals surface area (Å²) in [6.45, 7) is 1.46. The van der Waals surface area contributed by atoms with E-state index in [9.17, 15) is 9.18 Å². The highest BCUT2D eigenvalue weighted by atomic mass is 79.9. The van der Waals surface area contributed by atoms with Crippen LogP contribution in [0.4, 0.5) is 4.39 Å².